The van der Waals surface area contributed by atoms with Crippen LogP contribution < -0.4 is 25.6 Å². The number of hydrogen-bond acceptors (Lipinski definition) is 4. The zero-order chi connectivity index (χ0) is 29.3. The van der Waals surface area contributed by atoms with Crippen molar-refractivity contribution >= 4 is 46.6 Å². The molecule has 0 atom stereocenters. The van der Waals surface area contributed by atoms with Gasteiger partial charge in [-0.2, -0.15) is 17.6 Å². The number of amides is 5. The first-order chi connectivity index (χ1) is 19.0. The van der Waals surface area contributed by atoms with E-state index < -0.39 is 36.3 Å². The van der Waals surface area contributed by atoms with E-state index in [-0.39, 0.29) is 17.1 Å². The van der Waals surface area contributed by atoms with E-state index in [1.807, 2.05) is 6.92 Å². The predicted octanol–water partition coefficient (Wildman–Crippen LogP) is 7.38. The Labute approximate surface area is 232 Å². The molecular weight excluding hydrogens is 556 g/mol. The molecule has 0 aliphatic heterocycles. The highest BCUT2D eigenvalue weighted by atomic mass is 35.5. The van der Waals surface area contributed by atoms with E-state index in [4.69, 9.17) is 11.6 Å². The van der Waals surface area contributed by atoms with Crippen LogP contribution in [0.5, 0.6) is 5.75 Å². The number of hydrogen-bond donors (Lipinski definition) is 3. The molecule has 0 aliphatic rings. The molecule has 3 aromatic carbocycles. The molecule has 0 aromatic heterocycles. The maximum absolute atomic E-state index is 13.2. The van der Waals surface area contributed by atoms with Gasteiger partial charge in [0.15, 0.2) is 0 Å². The van der Waals surface area contributed by atoms with Crippen LogP contribution in [0.15, 0.2) is 72.8 Å². The van der Waals surface area contributed by atoms with Gasteiger partial charge in [-0.3, -0.25) is 15.0 Å². The standard InChI is InChI=1S/C27H25ClF4N4O4/c1-2-3-16-36(19-12-14-20(15-13-19)40-27(31,32)24(29)30)26(39)34-18-10-8-17(9-11-18)33-25(38)35-23(37)21-6-4-5-7-22(21)28/h4-15,24H,2-3,16H2,1H3,(H,34,39)(H2,33,35,37,38). The first-order valence-corrected chi connectivity index (χ1v) is 12.4. The highest BCUT2D eigenvalue weighted by molar-refractivity contribution is 6.34. The Hall–Kier alpha value is -4.32. The van der Waals surface area contributed by atoms with Gasteiger partial charge < -0.3 is 15.4 Å². The number of carbonyl (C=O) groups is 3. The molecular formula is C27H25ClF4N4O4. The quantitative estimate of drug-likeness (QED) is 0.218. The van der Waals surface area contributed by atoms with Gasteiger partial charge in [-0.1, -0.05) is 37.1 Å². The molecule has 0 saturated heterocycles. The van der Waals surface area contributed by atoms with Gasteiger partial charge in [0.05, 0.1) is 10.6 Å². The fourth-order valence-electron chi connectivity index (χ4n) is 3.37. The Kier molecular flexibility index (Phi) is 10.3. The minimum atomic E-state index is -4.65. The maximum atomic E-state index is 13.2. The summed E-state index contributed by atoms with van der Waals surface area (Å²) in [6, 6.07) is 15.7. The number of unbranched alkanes of at least 4 members (excludes halogenated alkanes) is 1. The summed E-state index contributed by atoms with van der Waals surface area (Å²) >= 11 is 5.96. The number of carbonyl (C=O) groups excluding carboxylic acids is 3. The van der Waals surface area contributed by atoms with Crippen molar-refractivity contribution in [2.45, 2.75) is 32.3 Å². The first-order valence-electron chi connectivity index (χ1n) is 12.0. The van der Waals surface area contributed by atoms with Gasteiger partial charge in [0, 0.05) is 23.6 Å². The van der Waals surface area contributed by atoms with Gasteiger partial charge in [0.1, 0.15) is 5.75 Å². The zero-order valence-corrected chi connectivity index (χ0v) is 21.9. The number of nitrogens with one attached hydrogen (secondary N) is 3. The van der Waals surface area contributed by atoms with E-state index in [1.54, 1.807) is 12.1 Å². The number of urea groups is 2. The highest BCUT2D eigenvalue weighted by Gasteiger charge is 2.44. The molecule has 3 rings (SSSR count). The number of halogens is 5. The molecule has 3 aromatic rings. The van der Waals surface area contributed by atoms with Crippen LogP contribution in [0.2, 0.25) is 5.02 Å². The molecule has 0 saturated carbocycles. The van der Waals surface area contributed by atoms with Gasteiger partial charge in [0.25, 0.3) is 5.91 Å². The first kappa shape index (κ1) is 30.2. The Morgan fingerprint density at radius 2 is 1.52 bits per heavy atom. The zero-order valence-electron chi connectivity index (χ0n) is 21.1. The number of anilines is 3. The molecule has 0 fully saturated rings. The third-order valence-electron chi connectivity index (χ3n) is 5.38. The summed E-state index contributed by atoms with van der Waals surface area (Å²) in [7, 11) is 0. The summed E-state index contributed by atoms with van der Waals surface area (Å²) in [5.74, 6) is -1.16. The van der Waals surface area contributed by atoms with Crippen LogP contribution in [0.3, 0.4) is 0 Å². The Balaban J connectivity index is 1.62. The van der Waals surface area contributed by atoms with Crippen molar-refractivity contribution in [2.75, 3.05) is 22.1 Å². The van der Waals surface area contributed by atoms with E-state index in [1.165, 1.54) is 53.4 Å². The van der Waals surface area contributed by atoms with E-state index in [9.17, 15) is 31.9 Å². The fraction of sp³-hybridized carbons (Fsp3) is 0.222. The van der Waals surface area contributed by atoms with Crippen molar-refractivity contribution in [2.24, 2.45) is 0 Å². The summed E-state index contributed by atoms with van der Waals surface area (Å²) < 4.78 is 55.2. The highest BCUT2D eigenvalue weighted by Crippen LogP contribution is 2.29. The van der Waals surface area contributed by atoms with Gasteiger partial charge >= 0.3 is 24.6 Å². The molecule has 0 bridgehead atoms. The lowest BCUT2D eigenvalue weighted by Crippen LogP contribution is -2.36. The van der Waals surface area contributed by atoms with Crippen LogP contribution in [-0.4, -0.2) is 37.0 Å². The second-order valence-corrected chi connectivity index (χ2v) is 8.77. The van der Waals surface area contributed by atoms with Crippen molar-refractivity contribution in [1.82, 2.24) is 5.32 Å². The second-order valence-electron chi connectivity index (χ2n) is 8.36. The number of imide groups is 1. The molecule has 0 heterocycles. The van der Waals surface area contributed by atoms with Gasteiger partial charge in [0.2, 0.25) is 0 Å². The predicted molar refractivity (Wildman–Crippen MR) is 144 cm³/mol. The molecule has 8 nitrogen and oxygen atoms in total. The number of rotatable bonds is 10. The summed E-state index contributed by atoms with van der Waals surface area (Å²) in [6.07, 6.45) is -7.26. The van der Waals surface area contributed by atoms with Crippen molar-refractivity contribution in [1.29, 1.82) is 0 Å². The van der Waals surface area contributed by atoms with Crippen LogP contribution in [0, 0.1) is 0 Å². The molecule has 0 spiro atoms. The molecule has 5 amide bonds. The second kappa shape index (κ2) is 13.7. The molecule has 0 radical (unpaired) electrons. The van der Waals surface area contributed by atoms with Gasteiger partial charge in [-0.05, 0) is 67.1 Å². The minimum Gasteiger partial charge on any atom is -0.428 e. The monoisotopic (exact) mass is 580 g/mol. The van der Waals surface area contributed by atoms with Crippen LogP contribution >= 0.6 is 11.6 Å². The Morgan fingerprint density at radius 3 is 2.10 bits per heavy atom. The molecule has 0 unspecified atom stereocenters. The van der Waals surface area contributed by atoms with Crippen molar-refractivity contribution in [3.63, 3.8) is 0 Å². The minimum absolute atomic E-state index is 0.137. The lowest BCUT2D eigenvalue weighted by Gasteiger charge is -2.24. The average molecular weight is 581 g/mol. The lowest BCUT2D eigenvalue weighted by molar-refractivity contribution is -0.253. The lowest BCUT2D eigenvalue weighted by atomic mass is 10.2. The summed E-state index contributed by atoms with van der Waals surface area (Å²) in [4.78, 5) is 38.8. The number of ether oxygens (including phenoxy) is 1. The third kappa shape index (κ3) is 8.34. The van der Waals surface area contributed by atoms with E-state index in [0.717, 1.165) is 18.6 Å². The number of alkyl halides is 4. The van der Waals surface area contributed by atoms with Crippen molar-refractivity contribution in [3.8, 4) is 5.75 Å². The maximum Gasteiger partial charge on any atom is 0.461 e. The Bertz CT molecular complexity index is 1320. The van der Waals surface area contributed by atoms with Crippen LogP contribution in [0.1, 0.15) is 30.1 Å². The molecule has 0 aliphatic carbocycles. The molecule has 13 heteroatoms. The van der Waals surface area contributed by atoms with Crippen LogP contribution in [0.4, 0.5) is 44.2 Å². The van der Waals surface area contributed by atoms with Gasteiger partial charge in [-0.25, -0.2) is 9.59 Å². The summed E-state index contributed by atoms with van der Waals surface area (Å²) in [5, 5.41) is 7.56. The van der Waals surface area contributed by atoms with Crippen LogP contribution in [-0.2, 0) is 0 Å². The molecule has 3 N–H and O–H groups in total. The van der Waals surface area contributed by atoms with E-state index >= 15 is 0 Å². The molecule has 40 heavy (non-hydrogen) atoms. The van der Waals surface area contributed by atoms with Crippen LogP contribution in [0.25, 0.3) is 0 Å². The van der Waals surface area contributed by atoms with E-state index in [2.05, 4.69) is 20.7 Å². The number of benzene rings is 3. The smallest absolute Gasteiger partial charge is 0.428 e. The largest absolute Gasteiger partial charge is 0.461 e. The van der Waals surface area contributed by atoms with Crippen molar-refractivity contribution in [3.05, 3.63) is 83.4 Å². The van der Waals surface area contributed by atoms with E-state index in [0.29, 0.717) is 23.5 Å². The third-order valence-corrected chi connectivity index (χ3v) is 5.71. The van der Waals surface area contributed by atoms with Crippen molar-refractivity contribution < 1.29 is 36.7 Å². The molecule has 212 valence electrons. The SMILES string of the molecule is CCCCN(C(=O)Nc1ccc(NC(=O)NC(=O)c2ccccc2Cl)cc1)c1ccc(OC(F)(F)C(F)F)cc1. The summed E-state index contributed by atoms with van der Waals surface area (Å²) in [6.45, 7) is 2.21. The summed E-state index contributed by atoms with van der Waals surface area (Å²) in [5.41, 5.74) is 1.18. The van der Waals surface area contributed by atoms with Gasteiger partial charge in [-0.15, -0.1) is 0 Å². The fourth-order valence-corrected chi connectivity index (χ4v) is 3.59. The normalized spacial score (nSPS) is 11.1. The topological polar surface area (TPSA) is 99.8 Å². The number of nitrogens with zero attached hydrogens (tertiary/aromatic N) is 1. The average Bonchev–Trinajstić information content (AvgIpc) is 2.90. The Morgan fingerprint density at radius 1 is 0.925 bits per heavy atom.